The Kier molecular flexibility index (Phi) is 6.31. The molecule has 192 valence electrons. The van der Waals surface area contributed by atoms with Crippen molar-refractivity contribution in [2.75, 3.05) is 22.9 Å². The number of aliphatic hydroxyl groups excluding tert-OH is 2. The number of thioether (sulfide) groups is 1. The van der Waals surface area contributed by atoms with E-state index in [1.54, 1.807) is 0 Å². The highest BCUT2D eigenvalue weighted by molar-refractivity contribution is 8.03. The van der Waals surface area contributed by atoms with Crippen LogP contribution in [-0.4, -0.2) is 46.3 Å². The molecule has 2 aromatic rings. The average Bonchev–Trinajstić information content (AvgIpc) is 3.36. The summed E-state index contributed by atoms with van der Waals surface area (Å²) in [6, 6.07) is 2.98. The monoisotopic (exact) mass is 518 g/mol. The highest BCUT2D eigenvalue weighted by Gasteiger charge is 2.43. The fourth-order valence-corrected chi connectivity index (χ4v) is 6.63. The number of halogens is 2. The number of anilines is 2. The summed E-state index contributed by atoms with van der Waals surface area (Å²) in [6.45, 7) is 2.59. The van der Waals surface area contributed by atoms with Crippen molar-refractivity contribution in [3.63, 3.8) is 0 Å². The fourth-order valence-electron chi connectivity index (χ4n) is 5.41. The molecule has 9 nitrogen and oxygen atoms in total. The highest BCUT2D eigenvalue weighted by atomic mass is 32.2. The minimum atomic E-state index is -1.07. The molecule has 1 unspecified atom stereocenters. The first-order valence-corrected chi connectivity index (χ1v) is 12.6. The molecule has 3 aliphatic rings. The van der Waals surface area contributed by atoms with Gasteiger partial charge in [-0.25, -0.2) is 8.78 Å². The standard InChI is InChI=1S/C24H28F2N6O3S/c1-10-8-31(9-14(27)21(10)34)19-11-5-6-16(33)18(11)30-7-15(19)32-20(22(28)35)23(29)36-24(32)17-12(25)3-2-4-13(17)26/h2-4,7,10,14,16,21,24,33-34H,5-6,8-9,27,29H2,1H3,(H2,28,35)/t10-,14+,16-,21+,24?/m0/s1. The zero-order valence-electron chi connectivity index (χ0n) is 19.6. The van der Waals surface area contributed by atoms with Crippen LogP contribution < -0.4 is 27.0 Å². The molecule has 0 saturated carbocycles. The van der Waals surface area contributed by atoms with Crippen molar-refractivity contribution >= 4 is 29.0 Å². The average molecular weight is 519 g/mol. The number of carbonyl (C=O) groups is 1. The molecule has 3 heterocycles. The molecule has 5 atom stereocenters. The number of piperidine rings is 1. The lowest BCUT2D eigenvalue weighted by Crippen LogP contribution is -2.56. The zero-order chi connectivity index (χ0) is 25.9. The maximum absolute atomic E-state index is 15.0. The Bertz CT molecular complexity index is 1230. The van der Waals surface area contributed by atoms with Crippen LogP contribution in [0, 0.1) is 17.6 Å². The molecule has 1 fully saturated rings. The second kappa shape index (κ2) is 9.18. The fraction of sp³-hybridized carbons (Fsp3) is 0.417. The molecule has 8 N–H and O–H groups in total. The first kappa shape index (κ1) is 24.8. The number of nitrogens with zero attached hydrogens (tertiary/aromatic N) is 3. The molecule has 36 heavy (non-hydrogen) atoms. The van der Waals surface area contributed by atoms with Gasteiger partial charge in [-0.05, 0) is 25.0 Å². The van der Waals surface area contributed by atoms with Gasteiger partial charge >= 0.3 is 0 Å². The van der Waals surface area contributed by atoms with Crippen molar-refractivity contribution in [3.8, 4) is 0 Å². The normalized spacial score (nSPS) is 28.1. The minimum Gasteiger partial charge on any atom is -0.392 e. The zero-order valence-corrected chi connectivity index (χ0v) is 20.4. The van der Waals surface area contributed by atoms with Gasteiger partial charge in [-0.1, -0.05) is 24.8 Å². The van der Waals surface area contributed by atoms with E-state index in [0.29, 0.717) is 36.5 Å². The van der Waals surface area contributed by atoms with Crippen LogP contribution in [0.4, 0.5) is 20.2 Å². The van der Waals surface area contributed by atoms with Gasteiger partial charge in [0.2, 0.25) is 0 Å². The van der Waals surface area contributed by atoms with Crippen LogP contribution in [0.15, 0.2) is 35.1 Å². The molecular weight excluding hydrogens is 490 g/mol. The predicted molar refractivity (Wildman–Crippen MR) is 132 cm³/mol. The number of pyridine rings is 1. The molecule has 2 aliphatic heterocycles. The van der Waals surface area contributed by atoms with E-state index in [0.717, 1.165) is 29.5 Å². The third-order valence-electron chi connectivity index (χ3n) is 7.11. The first-order valence-electron chi connectivity index (χ1n) is 11.7. The van der Waals surface area contributed by atoms with Crippen molar-refractivity contribution in [3.05, 3.63) is 63.6 Å². The number of fused-ring (bicyclic) bond motifs is 1. The first-order chi connectivity index (χ1) is 17.1. The van der Waals surface area contributed by atoms with E-state index >= 15 is 0 Å². The minimum absolute atomic E-state index is 0.0285. The Hall–Kier alpha value is -2.93. The van der Waals surface area contributed by atoms with E-state index in [-0.39, 0.29) is 28.8 Å². The Morgan fingerprint density at radius 3 is 2.56 bits per heavy atom. The van der Waals surface area contributed by atoms with Crippen LogP contribution in [0.3, 0.4) is 0 Å². The van der Waals surface area contributed by atoms with Gasteiger partial charge in [0.25, 0.3) is 5.91 Å². The molecule has 1 saturated heterocycles. The largest absolute Gasteiger partial charge is 0.392 e. The number of benzene rings is 1. The van der Waals surface area contributed by atoms with E-state index < -0.39 is 41.2 Å². The third kappa shape index (κ3) is 3.88. The van der Waals surface area contributed by atoms with Gasteiger partial charge in [-0.15, -0.1) is 0 Å². The summed E-state index contributed by atoms with van der Waals surface area (Å²) in [5, 5.41) is 19.9. The topological polar surface area (TPSA) is 155 Å². The smallest absolute Gasteiger partial charge is 0.268 e. The number of nitrogens with two attached hydrogens (primary N) is 3. The number of hydrogen-bond acceptors (Lipinski definition) is 9. The summed E-state index contributed by atoms with van der Waals surface area (Å²) < 4.78 is 29.9. The van der Waals surface area contributed by atoms with E-state index in [4.69, 9.17) is 17.2 Å². The van der Waals surface area contributed by atoms with Crippen LogP contribution in [0.5, 0.6) is 0 Å². The molecule has 1 aromatic carbocycles. The Labute approximate surface area is 210 Å². The van der Waals surface area contributed by atoms with E-state index in [1.165, 1.54) is 17.2 Å². The van der Waals surface area contributed by atoms with Gasteiger partial charge in [0, 0.05) is 30.6 Å². The molecule has 1 aliphatic carbocycles. The Balaban J connectivity index is 1.73. The van der Waals surface area contributed by atoms with E-state index in [1.807, 2.05) is 11.8 Å². The third-order valence-corrected chi connectivity index (χ3v) is 8.23. The van der Waals surface area contributed by atoms with Crippen LogP contribution in [-0.2, 0) is 11.2 Å². The number of rotatable bonds is 4. The second-order valence-corrected chi connectivity index (χ2v) is 10.6. The lowest BCUT2D eigenvalue weighted by atomic mass is 9.91. The molecule has 1 amide bonds. The van der Waals surface area contributed by atoms with Crippen molar-refractivity contribution < 1.29 is 23.8 Å². The molecule has 0 spiro atoms. The highest BCUT2D eigenvalue weighted by Crippen LogP contribution is 2.53. The number of amides is 1. The lowest BCUT2D eigenvalue weighted by Gasteiger charge is -2.42. The Morgan fingerprint density at radius 1 is 1.22 bits per heavy atom. The number of primary amides is 1. The SMILES string of the molecule is C[C@H]1CN(c2c(N3C(C(N)=O)=C(N)SC3c3c(F)cccc3F)cnc3c2CC[C@@H]3O)C[C@@H](N)[C@@H]1O. The lowest BCUT2D eigenvalue weighted by molar-refractivity contribution is -0.114. The van der Waals surface area contributed by atoms with E-state index in [2.05, 4.69) is 4.98 Å². The summed E-state index contributed by atoms with van der Waals surface area (Å²) >= 11 is 0.919. The quantitative estimate of drug-likeness (QED) is 0.403. The predicted octanol–water partition coefficient (Wildman–Crippen LogP) is 1.35. The van der Waals surface area contributed by atoms with Crippen molar-refractivity contribution in [1.82, 2.24) is 4.98 Å². The number of carbonyl (C=O) groups excluding carboxylic acids is 1. The molecule has 12 heteroatoms. The van der Waals surface area contributed by atoms with Crippen molar-refractivity contribution in [2.45, 2.75) is 43.4 Å². The van der Waals surface area contributed by atoms with Crippen molar-refractivity contribution in [2.24, 2.45) is 23.1 Å². The van der Waals surface area contributed by atoms with Gasteiger partial charge < -0.3 is 37.2 Å². The second-order valence-electron chi connectivity index (χ2n) is 9.50. The van der Waals surface area contributed by atoms with Gasteiger partial charge in [0.1, 0.15) is 22.7 Å². The summed E-state index contributed by atoms with van der Waals surface area (Å²) in [5.41, 5.74) is 20.0. The number of hydrogen-bond donors (Lipinski definition) is 5. The molecule has 0 radical (unpaired) electrons. The summed E-state index contributed by atoms with van der Waals surface area (Å²) in [5.74, 6) is -2.62. The van der Waals surface area contributed by atoms with Crippen LogP contribution >= 0.6 is 11.8 Å². The summed E-state index contributed by atoms with van der Waals surface area (Å²) in [7, 11) is 0. The van der Waals surface area contributed by atoms with Gasteiger partial charge in [-0.2, -0.15) is 0 Å². The maximum Gasteiger partial charge on any atom is 0.268 e. The molecule has 0 bridgehead atoms. The van der Waals surface area contributed by atoms with Crippen molar-refractivity contribution in [1.29, 1.82) is 0 Å². The summed E-state index contributed by atoms with van der Waals surface area (Å²) in [6.07, 6.45) is 0.956. The van der Waals surface area contributed by atoms with Crippen LogP contribution in [0.25, 0.3) is 0 Å². The Morgan fingerprint density at radius 2 is 1.92 bits per heavy atom. The van der Waals surface area contributed by atoms with Gasteiger partial charge in [0.15, 0.2) is 0 Å². The van der Waals surface area contributed by atoms with Gasteiger partial charge in [-0.3, -0.25) is 9.78 Å². The van der Waals surface area contributed by atoms with E-state index in [9.17, 15) is 23.8 Å². The van der Waals surface area contributed by atoms with Crippen LogP contribution in [0.2, 0.25) is 0 Å². The van der Waals surface area contributed by atoms with Crippen LogP contribution in [0.1, 0.15) is 41.6 Å². The molecule has 1 aromatic heterocycles. The molecular formula is C24H28F2N6O3S. The van der Waals surface area contributed by atoms with Gasteiger partial charge in [0.05, 0.1) is 46.1 Å². The number of aliphatic hydroxyl groups is 2. The number of aromatic nitrogens is 1. The summed E-state index contributed by atoms with van der Waals surface area (Å²) in [4.78, 5) is 20.5. The maximum atomic E-state index is 15.0. The molecule has 5 rings (SSSR count).